The van der Waals surface area contributed by atoms with Crippen molar-refractivity contribution < 1.29 is 9.53 Å². The number of hydrogen-bond acceptors (Lipinski definition) is 6. The molecule has 0 N–H and O–H groups in total. The van der Waals surface area contributed by atoms with Crippen molar-refractivity contribution in [3.05, 3.63) is 95.7 Å². The maximum Gasteiger partial charge on any atom is 0.329 e. The Morgan fingerprint density at radius 1 is 1.03 bits per heavy atom. The number of esters is 1. The average Bonchev–Trinajstić information content (AvgIpc) is 3.34. The number of nitriles is 1. The van der Waals surface area contributed by atoms with Gasteiger partial charge in [-0.25, -0.2) is 9.97 Å². The number of carbonyl (C=O) groups excluding carboxylic acids is 1. The Morgan fingerprint density at radius 2 is 1.69 bits per heavy atom. The van der Waals surface area contributed by atoms with Gasteiger partial charge in [-0.1, -0.05) is 66.7 Å². The van der Waals surface area contributed by atoms with E-state index < -0.39 is 22.8 Å². The van der Waals surface area contributed by atoms with Gasteiger partial charge in [-0.05, 0) is 37.2 Å². The molecule has 35 heavy (non-hydrogen) atoms. The number of likely N-dealkylation sites (N-methyl/N-ethyl adjacent to an activating group) is 1. The van der Waals surface area contributed by atoms with E-state index in [1.807, 2.05) is 85.9 Å². The number of para-hydroxylation sites is 2. The quantitative estimate of drug-likeness (QED) is 0.414. The maximum absolute atomic E-state index is 14.1. The number of ether oxygens (including phenoxy) is 1. The number of rotatable bonds is 3. The van der Waals surface area contributed by atoms with E-state index >= 15 is 0 Å². The van der Waals surface area contributed by atoms with Crippen LogP contribution in [0, 0.1) is 16.7 Å². The smallest absolute Gasteiger partial charge is 0.329 e. The molecule has 1 aromatic heterocycles. The van der Waals surface area contributed by atoms with E-state index in [-0.39, 0.29) is 6.61 Å². The fraction of sp³-hybridized carbons (Fsp3) is 0.241. The first-order valence-corrected chi connectivity index (χ1v) is 11.8. The summed E-state index contributed by atoms with van der Waals surface area (Å²) in [5.74, 6) is -0.955. The molecule has 3 aromatic carbocycles. The van der Waals surface area contributed by atoms with Crippen LogP contribution in [-0.2, 0) is 15.1 Å². The molecule has 1 saturated heterocycles. The number of nitrogens with zero attached hydrogens (tertiary/aromatic N) is 4. The van der Waals surface area contributed by atoms with Crippen LogP contribution >= 0.6 is 0 Å². The summed E-state index contributed by atoms with van der Waals surface area (Å²) in [6, 6.07) is 27.9. The molecule has 1 aliphatic heterocycles. The number of hydrogen-bond donors (Lipinski definition) is 0. The van der Waals surface area contributed by atoms with Gasteiger partial charge in [0.15, 0.2) is 5.41 Å². The van der Waals surface area contributed by atoms with Crippen molar-refractivity contribution in [2.24, 2.45) is 5.41 Å². The van der Waals surface area contributed by atoms with Crippen LogP contribution in [0.4, 0.5) is 0 Å². The third-order valence-electron chi connectivity index (χ3n) is 7.58. The van der Waals surface area contributed by atoms with E-state index in [1.165, 1.54) is 0 Å². The van der Waals surface area contributed by atoms with E-state index in [2.05, 4.69) is 11.0 Å². The zero-order chi connectivity index (χ0) is 24.2. The molecule has 0 bridgehead atoms. The summed E-state index contributed by atoms with van der Waals surface area (Å²) in [5.41, 5.74) is 2.80. The highest BCUT2D eigenvalue weighted by molar-refractivity contribution is 5.92. The van der Waals surface area contributed by atoms with E-state index in [0.29, 0.717) is 17.9 Å². The van der Waals surface area contributed by atoms with Crippen molar-refractivity contribution >= 4 is 17.0 Å². The van der Waals surface area contributed by atoms with Gasteiger partial charge in [0.2, 0.25) is 0 Å². The van der Waals surface area contributed by atoms with Crippen LogP contribution in [0.3, 0.4) is 0 Å². The molecule has 0 saturated carbocycles. The van der Waals surface area contributed by atoms with Crippen molar-refractivity contribution in [3.8, 4) is 17.3 Å². The van der Waals surface area contributed by atoms with Crippen LogP contribution in [0.25, 0.3) is 22.3 Å². The largest absolute Gasteiger partial charge is 0.465 e. The predicted octanol–water partition coefficient (Wildman–Crippen LogP) is 4.66. The highest BCUT2D eigenvalue weighted by atomic mass is 16.5. The normalized spacial score (nSPS) is 24.8. The molecule has 2 aliphatic rings. The Balaban J connectivity index is 1.76. The second kappa shape index (κ2) is 7.72. The molecule has 1 spiro atoms. The van der Waals surface area contributed by atoms with E-state index in [4.69, 9.17) is 14.7 Å². The maximum atomic E-state index is 14.1. The third kappa shape index (κ3) is 2.59. The van der Waals surface area contributed by atoms with Crippen LogP contribution in [0.5, 0.6) is 0 Å². The van der Waals surface area contributed by atoms with E-state index in [1.54, 1.807) is 6.92 Å². The number of likely N-dealkylation sites (tertiary alicyclic amines) is 1. The fourth-order valence-corrected chi connectivity index (χ4v) is 6.24. The Bertz CT molecular complexity index is 1510. The lowest BCUT2D eigenvalue weighted by Crippen LogP contribution is -2.55. The molecule has 6 heteroatoms. The van der Waals surface area contributed by atoms with Crippen LogP contribution in [0.2, 0.25) is 0 Å². The molecule has 6 rings (SSSR count). The Hall–Kier alpha value is -4.08. The van der Waals surface area contributed by atoms with E-state index in [0.717, 1.165) is 27.7 Å². The first-order chi connectivity index (χ1) is 17.1. The van der Waals surface area contributed by atoms with E-state index in [9.17, 15) is 10.1 Å². The SMILES string of the molecule is CCOC(=O)[C@]1(C#N)[C@@H](c2ccccc2)CN(C)[C@@]12c1ccccc1-c1nc3ccccc3nc12. The Morgan fingerprint density at radius 3 is 2.40 bits per heavy atom. The Labute approximate surface area is 203 Å². The van der Waals surface area contributed by atoms with Crippen molar-refractivity contribution in [1.29, 1.82) is 5.26 Å². The zero-order valence-corrected chi connectivity index (χ0v) is 19.6. The first kappa shape index (κ1) is 21.5. The minimum atomic E-state index is -1.57. The highest BCUT2D eigenvalue weighted by Crippen LogP contribution is 2.66. The molecule has 3 atom stereocenters. The van der Waals surface area contributed by atoms with Gasteiger partial charge < -0.3 is 4.74 Å². The molecule has 0 radical (unpaired) electrons. The molecule has 2 heterocycles. The topological polar surface area (TPSA) is 79.1 Å². The lowest BCUT2D eigenvalue weighted by atomic mass is 9.61. The average molecular weight is 461 g/mol. The molecule has 0 unspecified atom stereocenters. The van der Waals surface area contributed by atoms with Crippen molar-refractivity contribution in [2.75, 3.05) is 20.2 Å². The minimum Gasteiger partial charge on any atom is -0.465 e. The molecular weight excluding hydrogens is 436 g/mol. The van der Waals surface area contributed by atoms with Crippen LogP contribution < -0.4 is 0 Å². The molecule has 4 aromatic rings. The predicted molar refractivity (Wildman–Crippen MR) is 132 cm³/mol. The molecule has 1 aliphatic carbocycles. The monoisotopic (exact) mass is 460 g/mol. The van der Waals surface area contributed by atoms with Crippen LogP contribution in [-0.4, -0.2) is 41.0 Å². The second-order valence-corrected chi connectivity index (χ2v) is 9.15. The number of aromatic nitrogens is 2. The minimum absolute atomic E-state index is 0.182. The van der Waals surface area contributed by atoms with Gasteiger partial charge in [-0.15, -0.1) is 0 Å². The molecule has 1 fully saturated rings. The summed E-state index contributed by atoms with van der Waals surface area (Å²) in [6.45, 7) is 2.44. The van der Waals surface area contributed by atoms with Gasteiger partial charge in [-0.3, -0.25) is 9.69 Å². The summed E-state index contributed by atoms with van der Waals surface area (Å²) >= 11 is 0. The third-order valence-corrected chi connectivity index (χ3v) is 7.58. The molecule has 0 amide bonds. The second-order valence-electron chi connectivity index (χ2n) is 9.15. The zero-order valence-electron chi connectivity index (χ0n) is 19.6. The summed E-state index contributed by atoms with van der Waals surface area (Å²) in [5, 5.41) is 11.0. The summed E-state index contributed by atoms with van der Waals surface area (Å²) in [6.07, 6.45) is 0. The molecule has 172 valence electrons. The summed E-state index contributed by atoms with van der Waals surface area (Å²) in [4.78, 5) is 26.3. The summed E-state index contributed by atoms with van der Waals surface area (Å²) in [7, 11) is 1.97. The number of benzene rings is 3. The van der Waals surface area contributed by atoms with Crippen LogP contribution in [0.1, 0.15) is 29.7 Å². The lowest BCUT2D eigenvalue weighted by molar-refractivity contribution is -0.156. The summed E-state index contributed by atoms with van der Waals surface area (Å²) < 4.78 is 5.69. The standard InChI is InChI=1S/C29H24N4O2/c1-3-35-27(34)28(18-30)22(19-11-5-4-6-12-19)17-33(2)29(28)21-14-8-7-13-20(21)25-26(29)32-24-16-10-9-15-23(24)31-25/h4-16,22H,3,17H2,1-2H3/t22-,28+,29-/m1/s1. The van der Waals surface area contributed by atoms with Crippen molar-refractivity contribution in [3.63, 3.8) is 0 Å². The van der Waals surface area contributed by atoms with Gasteiger partial charge in [0.05, 0.1) is 35.1 Å². The van der Waals surface area contributed by atoms with Gasteiger partial charge in [0.1, 0.15) is 5.54 Å². The van der Waals surface area contributed by atoms with Gasteiger partial charge in [0.25, 0.3) is 0 Å². The molecule has 6 nitrogen and oxygen atoms in total. The fourth-order valence-electron chi connectivity index (χ4n) is 6.24. The lowest BCUT2D eigenvalue weighted by Gasteiger charge is -2.42. The molecular formula is C29H24N4O2. The first-order valence-electron chi connectivity index (χ1n) is 11.8. The van der Waals surface area contributed by atoms with Crippen molar-refractivity contribution in [1.82, 2.24) is 14.9 Å². The van der Waals surface area contributed by atoms with Gasteiger partial charge >= 0.3 is 5.97 Å². The Kier molecular flexibility index (Phi) is 4.73. The number of carbonyl (C=O) groups is 1. The van der Waals surface area contributed by atoms with Gasteiger partial charge in [-0.2, -0.15) is 5.26 Å². The van der Waals surface area contributed by atoms with Gasteiger partial charge in [0, 0.05) is 18.0 Å². The van der Waals surface area contributed by atoms with Crippen molar-refractivity contribution in [2.45, 2.75) is 18.4 Å². The highest BCUT2D eigenvalue weighted by Gasteiger charge is 2.74. The van der Waals surface area contributed by atoms with Crippen LogP contribution in [0.15, 0.2) is 78.9 Å². The number of fused-ring (bicyclic) bond motifs is 6.